The van der Waals surface area contributed by atoms with Gasteiger partial charge in [-0.05, 0) is 38.3 Å². The Bertz CT molecular complexity index is 616. The van der Waals surface area contributed by atoms with E-state index in [9.17, 15) is 9.59 Å². The monoisotopic (exact) mass is 355 g/mol. The van der Waals surface area contributed by atoms with E-state index in [1.54, 1.807) is 30.8 Å². The number of anilines is 1. The van der Waals surface area contributed by atoms with E-state index in [1.165, 1.54) is 6.42 Å². The normalized spacial score (nSPS) is 25.5. The highest BCUT2D eigenvalue weighted by Crippen LogP contribution is 2.44. The molecular weight excluding hydrogens is 330 g/mol. The van der Waals surface area contributed by atoms with Crippen LogP contribution in [0.25, 0.3) is 0 Å². The zero-order chi connectivity index (χ0) is 16.4. The molecule has 2 atom stereocenters. The molecule has 1 aliphatic carbocycles. The van der Waals surface area contributed by atoms with Gasteiger partial charge in [0.1, 0.15) is 5.69 Å². The first-order valence-electron chi connectivity index (χ1n) is 8.42. The molecule has 6 nitrogen and oxygen atoms in total. The maximum Gasteiger partial charge on any atom is 0.355 e. The van der Waals surface area contributed by atoms with E-state index >= 15 is 0 Å². The SMILES string of the molecule is CCOC(=O)c1cc(NC(=O)[C@@]23CCCC[C@H]2CNC3)cn1C.Cl. The van der Waals surface area contributed by atoms with E-state index in [1.807, 2.05) is 0 Å². The van der Waals surface area contributed by atoms with Gasteiger partial charge in [0, 0.05) is 19.8 Å². The van der Waals surface area contributed by atoms with Gasteiger partial charge in [0.2, 0.25) is 5.91 Å². The third-order valence-corrected chi connectivity index (χ3v) is 5.24. The molecule has 1 aromatic rings. The van der Waals surface area contributed by atoms with Crippen LogP contribution in [0.5, 0.6) is 0 Å². The fraction of sp³-hybridized carbons (Fsp3) is 0.647. The van der Waals surface area contributed by atoms with Crippen molar-refractivity contribution in [3.05, 3.63) is 18.0 Å². The van der Waals surface area contributed by atoms with E-state index in [0.29, 0.717) is 23.9 Å². The molecule has 24 heavy (non-hydrogen) atoms. The number of fused-ring (bicyclic) bond motifs is 1. The topological polar surface area (TPSA) is 72.4 Å². The average Bonchev–Trinajstić information content (AvgIpc) is 3.11. The largest absolute Gasteiger partial charge is 0.461 e. The third kappa shape index (κ3) is 3.30. The fourth-order valence-electron chi connectivity index (χ4n) is 3.99. The van der Waals surface area contributed by atoms with Crippen molar-refractivity contribution in [2.24, 2.45) is 18.4 Å². The number of carbonyl (C=O) groups is 2. The van der Waals surface area contributed by atoms with Gasteiger partial charge in [-0.15, -0.1) is 12.4 Å². The molecule has 2 fully saturated rings. The van der Waals surface area contributed by atoms with Crippen molar-refractivity contribution in [2.45, 2.75) is 32.6 Å². The van der Waals surface area contributed by atoms with Crippen LogP contribution in [0.2, 0.25) is 0 Å². The molecule has 2 aliphatic rings. The summed E-state index contributed by atoms with van der Waals surface area (Å²) < 4.78 is 6.72. The number of nitrogens with zero attached hydrogens (tertiary/aromatic N) is 1. The number of hydrogen-bond donors (Lipinski definition) is 2. The zero-order valence-electron chi connectivity index (χ0n) is 14.3. The minimum atomic E-state index is -0.369. The van der Waals surface area contributed by atoms with E-state index in [2.05, 4.69) is 10.6 Å². The maximum atomic E-state index is 12.9. The number of aromatic nitrogens is 1. The van der Waals surface area contributed by atoms with Gasteiger partial charge in [0.05, 0.1) is 17.7 Å². The Morgan fingerprint density at radius 1 is 1.46 bits per heavy atom. The second-order valence-corrected chi connectivity index (χ2v) is 6.63. The van der Waals surface area contributed by atoms with E-state index in [4.69, 9.17) is 4.74 Å². The molecule has 1 saturated carbocycles. The Labute approximate surface area is 148 Å². The molecule has 0 bridgehead atoms. The number of aryl methyl sites for hydroxylation is 1. The second kappa shape index (κ2) is 7.57. The van der Waals surface area contributed by atoms with Crippen LogP contribution < -0.4 is 10.6 Å². The van der Waals surface area contributed by atoms with Gasteiger partial charge < -0.3 is 19.9 Å². The highest BCUT2D eigenvalue weighted by Gasteiger charge is 2.49. The van der Waals surface area contributed by atoms with Gasteiger partial charge in [-0.25, -0.2) is 4.79 Å². The fourth-order valence-corrected chi connectivity index (χ4v) is 3.99. The number of halogens is 1. The quantitative estimate of drug-likeness (QED) is 0.813. The predicted octanol–water partition coefficient (Wildman–Crippen LogP) is 2.34. The highest BCUT2D eigenvalue weighted by atomic mass is 35.5. The van der Waals surface area contributed by atoms with Crippen LogP contribution >= 0.6 is 12.4 Å². The molecule has 3 rings (SSSR count). The Kier molecular flexibility index (Phi) is 5.93. The first kappa shape index (κ1) is 18.8. The van der Waals surface area contributed by atoms with E-state index in [-0.39, 0.29) is 29.7 Å². The molecule has 2 heterocycles. The molecule has 1 amide bonds. The first-order chi connectivity index (χ1) is 11.1. The molecule has 1 saturated heterocycles. The van der Waals surface area contributed by atoms with Crippen LogP contribution in [0.1, 0.15) is 43.1 Å². The molecule has 0 aromatic carbocycles. The standard InChI is InChI=1S/C17H25N3O3.ClH/c1-3-23-15(21)14-8-13(10-20(14)2)19-16(22)17-7-5-4-6-12(17)9-18-11-17;/h8,10,12,18H,3-7,9,11H2,1-2H3,(H,19,22);1H/t12-,17+;/m0./s1. The summed E-state index contributed by atoms with van der Waals surface area (Å²) in [5.74, 6) is 0.129. The number of rotatable bonds is 4. The Morgan fingerprint density at radius 2 is 2.25 bits per heavy atom. The first-order valence-corrected chi connectivity index (χ1v) is 8.42. The lowest BCUT2D eigenvalue weighted by atomic mass is 9.67. The summed E-state index contributed by atoms with van der Waals surface area (Å²) in [4.78, 5) is 24.8. The van der Waals surface area contributed by atoms with Crippen LogP contribution in [-0.2, 0) is 16.6 Å². The van der Waals surface area contributed by atoms with Crippen LogP contribution in [0.4, 0.5) is 5.69 Å². The average molecular weight is 356 g/mol. The second-order valence-electron chi connectivity index (χ2n) is 6.63. The van der Waals surface area contributed by atoms with Crippen molar-refractivity contribution in [3.8, 4) is 0 Å². The minimum absolute atomic E-state index is 0. The highest BCUT2D eigenvalue weighted by molar-refractivity contribution is 5.97. The lowest BCUT2D eigenvalue weighted by Crippen LogP contribution is -2.44. The number of ether oxygens (including phenoxy) is 1. The number of hydrogen-bond acceptors (Lipinski definition) is 4. The lowest BCUT2D eigenvalue weighted by Gasteiger charge is -2.36. The van der Waals surface area contributed by atoms with Crippen molar-refractivity contribution >= 4 is 30.0 Å². The predicted molar refractivity (Wildman–Crippen MR) is 94.5 cm³/mol. The summed E-state index contributed by atoms with van der Waals surface area (Å²) in [6.07, 6.45) is 6.13. The van der Waals surface area contributed by atoms with E-state index in [0.717, 1.165) is 32.4 Å². The van der Waals surface area contributed by atoms with Gasteiger partial charge in [-0.2, -0.15) is 0 Å². The lowest BCUT2D eigenvalue weighted by molar-refractivity contribution is -0.128. The molecular formula is C17H26ClN3O3. The van der Waals surface area contributed by atoms with Gasteiger partial charge >= 0.3 is 5.97 Å². The van der Waals surface area contributed by atoms with Gasteiger partial charge in [0.25, 0.3) is 0 Å². The summed E-state index contributed by atoms with van der Waals surface area (Å²) in [7, 11) is 1.78. The van der Waals surface area contributed by atoms with Crippen molar-refractivity contribution in [2.75, 3.05) is 25.0 Å². The summed E-state index contributed by atoms with van der Waals surface area (Å²) >= 11 is 0. The van der Waals surface area contributed by atoms with Crippen LogP contribution in [-0.4, -0.2) is 36.1 Å². The molecule has 0 spiro atoms. The molecule has 1 aliphatic heterocycles. The number of amides is 1. The Balaban J connectivity index is 0.00000208. The van der Waals surface area contributed by atoms with Gasteiger partial charge in [-0.1, -0.05) is 12.8 Å². The summed E-state index contributed by atoms with van der Waals surface area (Å²) in [5, 5.41) is 6.41. The van der Waals surface area contributed by atoms with Crippen LogP contribution in [0.3, 0.4) is 0 Å². The number of nitrogens with one attached hydrogen (secondary N) is 2. The molecule has 0 unspecified atom stereocenters. The van der Waals surface area contributed by atoms with Crippen molar-refractivity contribution in [3.63, 3.8) is 0 Å². The molecule has 0 radical (unpaired) electrons. The van der Waals surface area contributed by atoms with E-state index < -0.39 is 0 Å². The molecule has 134 valence electrons. The summed E-state index contributed by atoms with van der Waals surface area (Å²) in [6.45, 7) is 3.79. The third-order valence-electron chi connectivity index (χ3n) is 5.24. The maximum absolute atomic E-state index is 12.9. The van der Waals surface area contributed by atoms with Crippen molar-refractivity contribution in [1.82, 2.24) is 9.88 Å². The molecule has 7 heteroatoms. The summed E-state index contributed by atoms with van der Waals surface area (Å²) in [5.41, 5.74) is 0.814. The van der Waals surface area contributed by atoms with Crippen LogP contribution in [0.15, 0.2) is 12.3 Å². The van der Waals surface area contributed by atoms with Crippen LogP contribution in [0, 0.1) is 11.3 Å². The molecule has 2 N–H and O–H groups in total. The minimum Gasteiger partial charge on any atom is -0.461 e. The molecule has 1 aromatic heterocycles. The van der Waals surface area contributed by atoms with Gasteiger partial charge in [0.15, 0.2) is 0 Å². The van der Waals surface area contributed by atoms with Gasteiger partial charge in [-0.3, -0.25) is 4.79 Å². The van der Waals surface area contributed by atoms with Crippen molar-refractivity contribution < 1.29 is 14.3 Å². The Hall–Kier alpha value is -1.53. The summed E-state index contributed by atoms with van der Waals surface area (Å²) in [6, 6.07) is 1.69. The smallest absolute Gasteiger partial charge is 0.355 e. The number of esters is 1. The number of carbonyl (C=O) groups excluding carboxylic acids is 2. The Morgan fingerprint density at radius 3 is 3.00 bits per heavy atom. The zero-order valence-corrected chi connectivity index (χ0v) is 15.1. The van der Waals surface area contributed by atoms with Crippen molar-refractivity contribution in [1.29, 1.82) is 0 Å².